The highest BCUT2D eigenvalue weighted by Crippen LogP contribution is 2.51. The zero-order chi connectivity index (χ0) is 43.8. The number of furan rings is 1. The third-order valence-electron chi connectivity index (χ3n) is 13.6. The van der Waals surface area contributed by atoms with Crippen molar-refractivity contribution in [2.75, 3.05) is 9.80 Å². The summed E-state index contributed by atoms with van der Waals surface area (Å²) in [5, 5.41) is 4.80. The molecule has 5 heteroatoms. The maximum atomic E-state index is 7.37. The van der Waals surface area contributed by atoms with E-state index in [9.17, 15) is 0 Å². The van der Waals surface area contributed by atoms with Crippen LogP contribution in [0.2, 0.25) is 0 Å². The second-order valence-electron chi connectivity index (χ2n) is 21.4. The van der Waals surface area contributed by atoms with Gasteiger partial charge in [0.25, 0.3) is 6.71 Å². The first-order valence-electron chi connectivity index (χ1n) is 22.5. The topological polar surface area (TPSA) is 19.6 Å². The number of nitrogens with zero attached hydrogens (tertiary/aromatic N) is 2. The van der Waals surface area contributed by atoms with Crippen LogP contribution >= 0.6 is 11.3 Å². The summed E-state index contributed by atoms with van der Waals surface area (Å²) in [4.78, 5) is 5.15. The van der Waals surface area contributed by atoms with Crippen LogP contribution in [-0.2, 0) is 16.2 Å². The Labute approximate surface area is 373 Å². The molecule has 4 heterocycles. The quantitative estimate of drug-likeness (QED) is 0.165. The number of benzene rings is 6. The molecule has 6 aromatic carbocycles. The summed E-state index contributed by atoms with van der Waals surface area (Å²) < 4.78 is 8.68. The number of fused-ring (bicyclic) bond motifs is 7. The number of aryl methyl sites for hydroxylation is 2. The van der Waals surface area contributed by atoms with E-state index in [2.05, 4.69) is 214 Å². The van der Waals surface area contributed by atoms with E-state index in [0.717, 1.165) is 22.3 Å². The summed E-state index contributed by atoms with van der Waals surface area (Å²) in [7, 11) is 0. The Bertz CT molecular complexity index is 3070. The number of anilines is 6. The van der Waals surface area contributed by atoms with Gasteiger partial charge in [0.15, 0.2) is 0 Å². The van der Waals surface area contributed by atoms with E-state index in [1.54, 1.807) is 0 Å². The van der Waals surface area contributed by atoms with E-state index in [1.165, 1.54) is 94.0 Å². The molecule has 0 unspecified atom stereocenters. The lowest BCUT2D eigenvalue weighted by Crippen LogP contribution is -2.61. The van der Waals surface area contributed by atoms with Crippen LogP contribution in [0.3, 0.4) is 0 Å². The molecule has 0 fully saturated rings. The summed E-state index contributed by atoms with van der Waals surface area (Å²) in [6.07, 6.45) is 0. The van der Waals surface area contributed by atoms with E-state index in [4.69, 9.17) is 4.42 Å². The number of thiophene rings is 1. The second-order valence-corrected chi connectivity index (χ2v) is 22.3. The summed E-state index contributed by atoms with van der Waals surface area (Å²) in [5.74, 6) is 0.304. The third kappa shape index (κ3) is 6.36. The van der Waals surface area contributed by atoms with Gasteiger partial charge in [0, 0.05) is 43.8 Å². The average molecular weight is 831 g/mol. The van der Waals surface area contributed by atoms with E-state index >= 15 is 0 Å². The Morgan fingerprint density at radius 2 is 1.18 bits per heavy atom. The molecule has 2 aliphatic rings. The van der Waals surface area contributed by atoms with Crippen LogP contribution in [-0.4, -0.2) is 6.71 Å². The molecule has 0 amide bonds. The Morgan fingerprint density at radius 1 is 0.581 bits per heavy atom. The first kappa shape index (κ1) is 40.6. The first-order valence-corrected chi connectivity index (χ1v) is 23.4. The van der Waals surface area contributed by atoms with Crippen LogP contribution in [0.4, 0.5) is 34.1 Å². The van der Waals surface area contributed by atoms with Gasteiger partial charge in [-0.3, -0.25) is 0 Å². The van der Waals surface area contributed by atoms with Gasteiger partial charge in [-0.1, -0.05) is 125 Å². The predicted molar refractivity (Wildman–Crippen MR) is 271 cm³/mol. The van der Waals surface area contributed by atoms with Gasteiger partial charge in [-0.2, -0.15) is 0 Å². The molecule has 0 radical (unpaired) electrons. The molecule has 0 spiro atoms. The number of hydrogen-bond acceptors (Lipinski definition) is 4. The minimum atomic E-state index is -0.114. The maximum absolute atomic E-state index is 7.37. The smallest absolute Gasteiger partial charge is 0.297 e. The molecule has 0 saturated carbocycles. The van der Waals surface area contributed by atoms with Crippen LogP contribution in [0.1, 0.15) is 115 Å². The zero-order valence-electron chi connectivity index (χ0n) is 38.8. The Hall–Kier alpha value is -5.52. The Kier molecular flexibility index (Phi) is 9.15. The number of hydrogen-bond donors (Lipinski definition) is 0. The largest absolute Gasteiger partial charge is 0.468 e. The molecule has 0 aliphatic carbocycles. The van der Waals surface area contributed by atoms with Crippen molar-refractivity contribution >= 4 is 89.8 Å². The van der Waals surface area contributed by atoms with Crippen molar-refractivity contribution in [3.05, 3.63) is 148 Å². The van der Waals surface area contributed by atoms with Gasteiger partial charge < -0.3 is 14.2 Å². The average Bonchev–Trinajstić information content (AvgIpc) is 3.82. The Balaban J connectivity index is 1.32. The van der Waals surface area contributed by atoms with E-state index < -0.39 is 0 Å². The molecule has 0 atom stereocenters. The van der Waals surface area contributed by atoms with Gasteiger partial charge in [-0.15, -0.1) is 11.3 Å². The molecule has 0 N–H and O–H groups in total. The summed E-state index contributed by atoms with van der Waals surface area (Å²) >= 11 is 1.82. The van der Waals surface area contributed by atoms with Crippen molar-refractivity contribution in [3.63, 3.8) is 0 Å². The molecular weight excluding hydrogens is 772 g/mol. The molecule has 2 aliphatic heterocycles. The fourth-order valence-electron chi connectivity index (χ4n) is 10.1. The Morgan fingerprint density at radius 3 is 1.82 bits per heavy atom. The van der Waals surface area contributed by atoms with E-state index in [0.29, 0.717) is 5.92 Å². The SMILES string of the molecule is Cc1cc(-c2csc3ccccc23)cc(C)c1N1c2cc(C(C)C)cc3c2B(c2cc(C(C)(C)C)ccc2N3c2ccc(C(C)(C)C)cc2)c2oc3ccc(C(C)(C)C)cc3c21. The summed E-state index contributed by atoms with van der Waals surface area (Å²) in [6.45, 7) is 30.0. The van der Waals surface area contributed by atoms with Crippen LogP contribution in [0.25, 0.3) is 32.2 Å². The van der Waals surface area contributed by atoms with Crippen LogP contribution in [0, 0.1) is 13.8 Å². The van der Waals surface area contributed by atoms with Crippen molar-refractivity contribution in [2.45, 2.75) is 112 Å². The molecule has 0 bridgehead atoms. The zero-order valence-corrected chi connectivity index (χ0v) is 39.7. The summed E-state index contributed by atoms with van der Waals surface area (Å²) in [5.41, 5.74) is 22.0. The normalized spacial score (nSPS) is 13.9. The minimum Gasteiger partial charge on any atom is -0.468 e. The molecule has 3 nitrogen and oxygen atoms in total. The molecule has 8 aromatic rings. The standard InChI is InChI=1S/C57H59BN2OS/c1-33(2)36-28-47-51-48(29-36)60(52-34(3)26-37(27-35(52)4)44-32-62-50-17-15-14-16-42(44)50)53-43-30-39(56(8,9)10)21-25-49(43)61-54(53)58(51)45-31-40(57(11,12)13)20-24-46(45)59(47)41-22-18-38(19-23-41)55(5,6)7/h14-33H,1-13H3. The third-order valence-corrected chi connectivity index (χ3v) is 14.5. The summed E-state index contributed by atoms with van der Waals surface area (Å²) in [6, 6.07) is 42.0. The van der Waals surface area contributed by atoms with Crippen molar-refractivity contribution in [3.8, 4) is 11.1 Å². The van der Waals surface area contributed by atoms with Gasteiger partial charge in [0.05, 0.1) is 17.0 Å². The van der Waals surface area contributed by atoms with Crippen molar-refractivity contribution in [2.24, 2.45) is 0 Å². The molecule has 312 valence electrons. The van der Waals surface area contributed by atoms with Gasteiger partial charge in [0.1, 0.15) is 5.58 Å². The molecule has 10 rings (SSSR count). The highest BCUT2D eigenvalue weighted by atomic mass is 32.1. The lowest BCUT2D eigenvalue weighted by molar-refractivity contribution is 0.590. The van der Waals surface area contributed by atoms with Gasteiger partial charge in [0.2, 0.25) is 0 Å². The van der Waals surface area contributed by atoms with Crippen molar-refractivity contribution < 1.29 is 4.42 Å². The van der Waals surface area contributed by atoms with E-state index in [-0.39, 0.29) is 23.0 Å². The van der Waals surface area contributed by atoms with Crippen LogP contribution < -0.4 is 26.4 Å². The molecular formula is C57H59BN2OS. The monoisotopic (exact) mass is 830 g/mol. The van der Waals surface area contributed by atoms with Gasteiger partial charge in [-0.05, 0) is 152 Å². The van der Waals surface area contributed by atoms with Crippen LogP contribution in [0.5, 0.6) is 0 Å². The van der Waals surface area contributed by atoms with E-state index in [1.807, 2.05) is 11.3 Å². The van der Waals surface area contributed by atoms with Crippen molar-refractivity contribution in [1.29, 1.82) is 0 Å². The highest BCUT2D eigenvalue weighted by molar-refractivity contribution is 7.17. The highest BCUT2D eigenvalue weighted by Gasteiger charge is 2.48. The minimum absolute atomic E-state index is 0.0351. The second kappa shape index (κ2) is 14.0. The fourth-order valence-corrected chi connectivity index (χ4v) is 11.0. The number of rotatable bonds is 4. The van der Waals surface area contributed by atoms with Gasteiger partial charge >= 0.3 is 0 Å². The van der Waals surface area contributed by atoms with Gasteiger partial charge in [-0.25, -0.2) is 0 Å². The fraction of sp³-hybridized carbons (Fsp3) is 0.298. The molecule has 2 aromatic heterocycles. The maximum Gasteiger partial charge on any atom is 0.297 e. The predicted octanol–water partition coefficient (Wildman–Crippen LogP) is 15.0. The van der Waals surface area contributed by atoms with Crippen molar-refractivity contribution in [1.82, 2.24) is 0 Å². The lowest BCUT2D eigenvalue weighted by Gasteiger charge is -2.44. The first-order chi connectivity index (χ1) is 29.3. The lowest BCUT2D eigenvalue weighted by atomic mass is 9.35. The molecule has 0 saturated heterocycles. The molecule has 62 heavy (non-hydrogen) atoms. The van der Waals surface area contributed by atoms with Crippen LogP contribution in [0.15, 0.2) is 119 Å².